The first-order valence-corrected chi connectivity index (χ1v) is 11.6. The number of amides is 1. The number of ketones is 1. The fourth-order valence-corrected chi connectivity index (χ4v) is 5.42. The van der Waals surface area contributed by atoms with E-state index in [4.69, 9.17) is 5.14 Å². The summed E-state index contributed by atoms with van der Waals surface area (Å²) in [4.78, 5) is 24.7. The number of nitrogens with one attached hydrogen (secondary N) is 1. The lowest BCUT2D eigenvalue weighted by Gasteiger charge is -2.19. The molecule has 3 aromatic carbocycles. The fraction of sp³-hybridized carbons (Fsp3) is 0. The first-order chi connectivity index (χ1) is 14.1. The Bertz CT molecular complexity index is 1440. The van der Waals surface area contributed by atoms with Crippen molar-refractivity contribution >= 4 is 37.2 Å². The third-order valence-electron chi connectivity index (χ3n) is 4.62. The summed E-state index contributed by atoms with van der Waals surface area (Å²) in [6.07, 6.45) is 0. The third-order valence-corrected chi connectivity index (χ3v) is 7.38. The molecule has 3 aromatic rings. The van der Waals surface area contributed by atoms with E-state index in [-0.39, 0.29) is 37.1 Å². The highest BCUT2D eigenvalue weighted by Crippen LogP contribution is 2.34. The first-order valence-electron chi connectivity index (χ1n) is 8.56. The maximum atomic E-state index is 13.0. The molecule has 152 valence electrons. The monoisotopic (exact) mass is 442 g/mol. The van der Waals surface area contributed by atoms with E-state index in [1.165, 1.54) is 54.6 Å². The molecule has 0 aliphatic carbocycles. The predicted molar refractivity (Wildman–Crippen MR) is 108 cm³/mol. The van der Waals surface area contributed by atoms with Gasteiger partial charge in [-0.15, -0.1) is 0 Å². The van der Waals surface area contributed by atoms with Gasteiger partial charge < -0.3 is 5.32 Å². The van der Waals surface area contributed by atoms with E-state index in [0.717, 1.165) is 6.07 Å². The van der Waals surface area contributed by atoms with Crippen molar-refractivity contribution in [2.45, 2.75) is 14.7 Å². The number of primary sulfonamides is 1. The zero-order valence-corrected chi connectivity index (χ0v) is 16.8. The van der Waals surface area contributed by atoms with Crippen LogP contribution in [0.3, 0.4) is 0 Å². The fourth-order valence-electron chi connectivity index (χ4n) is 3.18. The van der Waals surface area contributed by atoms with Crippen molar-refractivity contribution < 1.29 is 26.4 Å². The molecule has 1 aliphatic rings. The molecule has 0 radical (unpaired) electrons. The zero-order chi connectivity index (χ0) is 21.7. The van der Waals surface area contributed by atoms with Crippen LogP contribution in [-0.2, 0) is 19.9 Å². The van der Waals surface area contributed by atoms with Crippen molar-refractivity contribution in [3.8, 4) is 0 Å². The van der Waals surface area contributed by atoms with E-state index in [1.54, 1.807) is 6.07 Å². The summed E-state index contributed by atoms with van der Waals surface area (Å²) in [7, 11) is -7.94. The molecule has 1 amide bonds. The average Bonchev–Trinajstić information content (AvgIpc) is 2.71. The number of rotatable bonds is 3. The van der Waals surface area contributed by atoms with Crippen molar-refractivity contribution in [2.75, 3.05) is 5.32 Å². The lowest BCUT2D eigenvalue weighted by Crippen LogP contribution is -2.21. The van der Waals surface area contributed by atoms with Gasteiger partial charge in [0.05, 0.1) is 14.7 Å². The van der Waals surface area contributed by atoms with Gasteiger partial charge in [0.15, 0.2) is 5.78 Å². The van der Waals surface area contributed by atoms with E-state index < -0.39 is 31.6 Å². The van der Waals surface area contributed by atoms with Crippen molar-refractivity contribution in [3.63, 3.8) is 0 Å². The Kier molecular flexibility index (Phi) is 4.57. The number of carbonyl (C=O) groups is 2. The smallest absolute Gasteiger partial charge is 0.255 e. The highest BCUT2D eigenvalue weighted by Gasteiger charge is 2.35. The molecule has 0 aromatic heterocycles. The minimum atomic E-state index is -3.99. The first kappa shape index (κ1) is 20.0. The van der Waals surface area contributed by atoms with Crippen LogP contribution in [0.25, 0.3) is 0 Å². The standard InChI is InChI=1S/C20H14N2O6S2/c21-30(27,28)14-5-3-4-13(11-14)22-20(24)12-8-9-16-18(10-12)29(25,26)17-7-2-1-6-15(17)19(16)23/h1-11H,(H,22,24)(H2,21,27,28). The van der Waals surface area contributed by atoms with E-state index >= 15 is 0 Å². The van der Waals surface area contributed by atoms with Gasteiger partial charge in [0, 0.05) is 22.4 Å². The summed E-state index contributed by atoms with van der Waals surface area (Å²) >= 11 is 0. The summed E-state index contributed by atoms with van der Waals surface area (Å²) < 4.78 is 48.9. The van der Waals surface area contributed by atoms with Crippen LogP contribution in [0, 0.1) is 0 Å². The van der Waals surface area contributed by atoms with Gasteiger partial charge in [0.1, 0.15) is 0 Å². The lowest BCUT2D eigenvalue weighted by molar-refractivity contribution is 0.101. The second-order valence-corrected chi connectivity index (χ2v) is 10.0. The second kappa shape index (κ2) is 6.87. The van der Waals surface area contributed by atoms with Crippen LogP contribution in [0.5, 0.6) is 0 Å². The maximum Gasteiger partial charge on any atom is 0.255 e. The highest BCUT2D eigenvalue weighted by atomic mass is 32.2. The lowest BCUT2D eigenvalue weighted by atomic mass is 10.0. The van der Waals surface area contributed by atoms with Gasteiger partial charge in [-0.1, -0.05) is 18.2 Å². The molecule has 4 rings (SSSR count). The Hall–Kier alpha value is -3.34. The summed E-state index contributed by atoms with van der Waals surface area (Å²) in [6.45, 7) is 0. The molecule has 3 N–H and O–H groups in total. The minimum absolute atomic E-state index is 0.00878. The molecule has 1 aliphatic heterocycles. The molecule has 10 heteroatoms. The number of carbonyl (C=O) groups excluding carboxylic acids is 2. The molecule has 30 heavy (non-hydrogen) atoms. The Morgan fingerprint density at radius 1 is 0.867 bits per heavy atom. The van der Waals surface area contributed by atoms with Gasteiger partial charge in [-0.05, 0) is 48.5 Å². The number of hydrogen-bond donors (Lipinski definition) is 2. The van der Waals surface area contributed by atoms with E-state index in [0.29, 0.717) is 0 Å². The largest absolute Gasteiger partial charge is 0.322 e. The Morgan fingerprint density at radius 3 is 2.30 bits per heavy atom. The number of anilines is 1. The summed E-state index contributed by atoms with van der Waals surface area (Å²) in [5.41, 5.74) is 0.225. The number of benzene rings is 3. The number of nitrogens with two attached hydrogens (primary N) is 1. The van der Waals surface area contributed by atoms with Crippen molar-refractivity contribution in [1.82, 2.24) is 0 Å². The normalized spacial score (nSPS) is 14.5. The highest BCUT2D eigenvalue weighted by molar-refractivity contribution is 7.91. The molecule has 0 unspecified atom stereocenters. The van der Waals surface area contributed by atoms with Crippen molar-refractivity contribution in [1.29, 1.82) is 0 Å². The number of sulfonamides is 1. The topological polar surface area (TPSA) is 140 Å². The average molecular weight is 442 g/mol. The van der Waals surface area contributed by atoms with Gasteiger partial charge in [0.2, 0.25) is 19.9 Å². The van der Waals surface area contributed by atoms with Crippen molar-refractivity contribution in [3.05, 3.63) is 83.4 Å². The second-order valence-electron chi connectivity index (χ2n) is 6.57. The van der Waals surface area contributed by atoms with Crippen LogP contribution >= 0.6 is 0 Å². The molecule has 0 bridgehead atoms. The number of hydrogen-bond acceptors (Lipinski definition) is 6. The molecule has 0 fully saturated rings. The zero-order valence-electron chi connectivity index (χ0n) is 15.2. The Morgan fingerprint density at radius 2 is 1.57 bits per heavy atom. The van der Waals surface area contributed by atoms with Gasteiger partial charge in [-0.25, -0.2) is 22.0 Å². The van der Waals surface area contributed by atoms with Crippen LogP contribution in [-0.4, -0.2) is 28.5 Å². The van der Waals surface area contributed by atoms with Gasteiger partial charge in [-0.3, -0.25) is 9.59 Å². The SMILES string of the molecule is NS(=O)(=O)c1cccc(NC(=O)c2ccc3c(c2)S(=O)(=O)c2ccccc2C3=O)c1. The Balaban J connectivity index is 1.73. The van der Waals surface area contributed by atoms with Crippen LogP contribution in [0.4, 0.5) is 5.69 Å². The molecule has 8 nitrogen and oxygen atoms in total. The maximum absolute atomic E-state index is 13.0. The van der Waals surface area contributed by atoms with Gasteiger partial charge in [0.25, 0.3) is 5.91 Å². The number of sulfone groups is 1. The molecular weight excluding hydrogens is 428 g/mol. The molecule has 0 atom stereocenters. The van der Waals surface area contributed by atoms with E-state index in [1.807, 2.05) is 0 Å². The van der Waals surface area contributed by atoms with Gasteiger partial charge >= 0.3 is 0 Å². The third kappa shape index (κ3) is 3.30. The molecule has 0 spiro atoms. The minimum Gasteiger partial charge on any atom is -0.322 e. The van der Waals surface area contributed by atoms with Crippen LogP contribution in [0.1, 0.15) is 26.3 Å². The molecule has 0 saturated carbocycles. The number of fused-ring (bicyclic) bond motifs is 2. The quantitative estimate of drug-likeness (QED) is 0.497. The summed E-state index contributed by atoms with van der Waals surface area (Å²) in [5.74, 6) is -1.12. The van der Waals surface area contributed by atoms with Crippen LogP contribution < -0.4 is 10.5 Å². The van der Waals surface area contributed by atoms with Gasteiger partial charge in [-0.2, -0.15) is 0 Å². The van der Waals surface area contributed by atoms with Crippen LogP contribution in [0.2, 0.25) is 0 Å². The molecular formula is C20H14N2O6S2. The molecule has 0 saturated heterocycles. The van der Waals surface area contributed by atoms with E-state index in [9.17, 15) is 26.4 Å². The van der Waals surface area contributed by atoms with E-state index in [2.05, 4.69) is 5.32 Å². The van der Waals surface area contributed by atoms with Crippen molar-refractivity contribution in [2.24, 2.45) is 5.14 Å². The molecule has 1 heterocycles. The predicted octanol–water partition coefficient (Wildman–Crippen LogP) is 1.96. The van der Waals surface area contributed by atoms with Crippen LogP contribution in [0.15, 0.2) is 81.4 Å². The summed E-state index contributed by atoms with van der Waals surface area (Å²) in [6, 6.07) is 15.0. The summed E-state index contributed by atoms with van der Waals surface area (Å²) in [5, 5.41) is 7.58. The Labute approximate surface area is 172 Å².